The van der Waals surface area contributed by atoms with Crippen molar-refractivity contribution in [2.24, 2.45) is 11.8 Å². The Morgan fingerprint density at radius 1 is 0.879 bits per heavy atom. The molecule has 2 atom stereocenters. The standard InChI is InChI=1S/C28H23NO4/c1-3-28-20-10-6-4-8-18(20)22(19-9-5-7-11-21(19)28)23-24(28)26(31)29(25(23)30)17-14-12-16(13-15-17)27(32)33-2/h4-15,22-24H,3H2,1-2H3/t22?,23-,24-,28?/m1/s1. The molecule has 0 saturated carbocycles. The van der Waals surface area contributed by atoms with Crippen LogP contribution in [0.25, 0.3) is 0 Å². The summed E-state index contributed by atoms with van der Waals surface area (Å²) in [6.07, 6.45) is 0.725. The minimum atomic E-state index is -0.542. The van der Waals surface area contributed by atoms with Gasteiger partial charge in [0.1, 0.15) is 0 Å². The smallest absolute Gasteiger partial charge is 0.337 e. The fourth-order valence-electron chi connectivity index (χ4n) is 6.65. The van der Waals surface area contributed by atoms with E-state index in [0.29, 0.717) is 11.3 Å². The molecule has 2 bridgehead atoms. The minimum Gasteiger partial charge on any atom is -0.465 e. The minimum absolute atomic E-state index is 0.147. The van der Waals surface area contributed by atoms with Crippen LogP contribution in [0.1, 0.15) is 51.9 Å². The van der Waals surface area contributed by atoms with Gasteiger partial charge in [-0.05, 0) is 52.9 Å². The molecule has 5 nitrogen and oxygen atoms in total. The second-order valence-corrected chi connectivity index (χ2v) is 9.03. The summed E-state index contributed by atoms with van der Waals surface area (Å²) in [5.74, 6) is -1.82. The van der Waals surface area contributed by atoms with Crippen molar-refractivity contribution in [1.82, 2.24) is 0 Å². The number of methoxy groups -OCH3 is 1. The third-order valence-electron chi connectivity index (χ3n) is 7.90. The Balaban J connectivity index is 1.54. The van der Waals surface area contributed by atoms with E-state index in [2.05, 4.69) is 31.2 Å². The van der Waals surface area contributed by atoms with Gasteiger partial charge in [0, 0.05) is 11.3 Å². The molecule has 7 rings (SSSR count). The lowest BCUT2D eigenvalue weighted by atomic mass is 9.46. The van der Waals surface area contributed by atoms with E-state index in [9.17, 15) is 14.4 Å². The largest absolute Gasteiger partial charge is 0.465 e. The van der Waals surface area contributed by atoms with E-state index >= 15 is 0 Å². The number of imide groups is 1. The third-order valence-corrected chi connectivity index (χ3v) is 7.90. The average Bonchev–Trinajstić information content (AvgIpc) is 3.14. The Morgan fingerprint density at radius 2 is 1.45 bits per heavy atom. The van der Waals surface area contributed by atoms with Crippen molar-refractivity contribution in [3.8, 4) is 0 Å². The summed E-state index contributed by atoms with van der Waals surface area (Å²) < 4.78 is 4.77. The molecule has 1 heterocycles. The highest BCUT2D eigenvalue weighted by Crippen LogP contribution is 2.65. The first kappa shape index (κ1) is 19.9. The normalized spacial score (nSPS) is 26.6. The highest BCUT2D eigenvalue weighted by Gasteiger charge is 2.67. The van der Waals surface area contributed by atoms with Gasteiger partial charge in [-0.3, -0.25) is 9.59 Å². The molecule has 5 heteroatoms. The van der Waals surface area contributed by atoms with Gasteiger partial charge in [0.15, 0.2) is 0 Å². The monoisotopic (exact) mass is 437 g/mol. The van der Waals surface area contributed by atoms with Gasteiger partial charge in [-0.1, -0.05) is 55.5 Å². The molecular formula is C28H23NO4. The Labute approximate surface area is 192 Å². The second kappa shape index (κ2) is 6.88. The Hall–Kier alpha value is -3.73. The van der Waals surface area contributed by atoms with Crippen molar-refractivity contribution in [3.63, 3.8) is 0 Å². The molecule has 4 aliphatic rings. The number of hydrogen-bond donors (Lipinski definition) is 0. The van der Waals surface area contributed by atoms with Crippen LogP contribution in [0.3, 0.4) is 0 Å². The number of esters is 1. The van der Waals surface area contributed by atoms with Crippen LogP contribution in [0.15, 0.2) is 72.8 Å². The van der Waals surface area contributed by atoms with Crippen molar-refractivity contribution >= 4 is 23.5 Å². The SMILES string of the molecule is CCC12c3ccccc3C(c3ccccc31)[C@H]1C(=O)N(c3ccc(C(=O)OC)cc3)C(=O)[C@@H]12. The van der Waals surface area contributed by atoms with Crippen LogP contribution in [0.4, 0.5) is 5.69 Å². The molecule has 0 spiro atoms. The molecule has 1 fully saturated rings. The lowest BCUT2D eigenvalue weighted by Gasteiger charge is -2.54. The van der Waals surface area contributed by atoms with Crippen LogP contribution in [-0.4, -0.2) is 24.9 Å². The number of hydrogen-bond acceptors (Lipinski definition) is 4. The molecule has 0 unspecified atom stereocenters. The Kier molecular flexibility index (Phi) is 4.15. The number of nitrogens with zero attached hydrogens (tertiary/aromatic N) is 1. The summed E-state index contributed by atoms with van der Waals surface area (Å²) in [4.78, 5) is 41.1. The zero-order chi connectivity index (χ0) is 22.9. The molecule has 0 N–H and O–H groups in total. The highest BCUT2D eigenvalue weighted by molar-refractivity contribution is 6.23. The van der Waals surface area contributed by atoms with Crippen molar-refractivity contribution < 1.29 is 19.1 Å². The van der Waals surface area contributed by atoms with Crippen molar-refractivity contribution in [2.45, 2.75) is 24.7 Å². The molecule has 1 aliphatic heterocycles. The highest BCUT2D eigenvalue weighted by atomic mass is 16.5. The van der Waals surface area contributed by atoms with Crippen LogP contribution >= 0.6 is 0 Å². The van der Waals surface area contributed by atoms with Gasteiger partial charge < -0.3 is 4.74 Å². The Morgan fingerprint density at radius 3 is 2.00 bits per heavy atom. The topological polar surface area (TPSA) is 63.7 Å². The first-order valence-corrected chi connectivity index (χ1v) is 11.3. The van der Waals surface area contributed by atoms with Crippen LogP contribution in [-0.2, 0) is 19.7 Å². The van der Waals surface area contributed by atoms with E-state index in [1.165, 1.54) is 23.1 Å². The fourth-order valence-corrected chi connectivity index (χ4v) is 6.65. The third kappa shape index (κ3) is 2.34. The maximum Gasteiger partial charge on any atom is 0.337 e. The van der Waals surface area contributed by atoms with E-state index in [0.717, 1.165) is 17.5 Å². The van der Waals surface area contributed by atoms with Gasteiger partial charge in [-0.25, -0.2) is 9.69 Å². The first-order chi connectivity index (χ1) is 16.0. The molecule has 0 radical (unpaired) electrons. The molecule has 3 aromatic rings. The van der Waals surface area contributed by atoms with E-state index < -0.39 is 23.2 Å². The van der Waals surface area contributed by atoms with Crippen LogP contribution in [0.5, 0.6) is 0 Å². The predicted molar refractivity (Wildman–Crippen MR) is 123 cm³/mol. The van der Waals surface area contributed by atoms with Crippen molar-refractivity contribution in [3.05, 3.63) is 101 Å². The van der Waals surface area contributed by atoms with Crippen LogP contribution < -0.4 is 4.90 Å². The van der Waals surface area contributed by atoms with Crippen LogP contribution in [0, 0.1) is 11.8 Å². The molecule has 2 amide bonds. The number of ether oxygens (including phenoxy) is 1. The number of carbonyl (C=O) groups is 3. The molecule has 3 aromatic carbocycles. The van der Waals surface area contributed by atoms with Gasteiger partial charge in [0.2, 0.25) is 11.8 Å². The first-order valence-electron chi connectivity index (χ1n) is 11.3. The summed E-state index contributed by atoms with van der Waals surface area (Å²) in [6.45, 7) is 2.11. The quantitative estimate of drug-likeness (QED) is 0.449. The van der Waals surface area contributed by atoms with Gasteiger partial charge in [0.05, 0.1) is 30.2 Å². The lowest BCUT2D eigenvalue weighted by Crippen LogP contribution is -2.53. The van der Waals surface area contributed by atoms with Crippen LogP contribution in [0.2, 0.25) is 0 Å². The molecular weight excluding hydrogens is 414 g/mol. The second-order valence-electron chi connectivity index (χ2n) is 9.03. The summed E-state index contributed by atoms with van der Waals surface area (Å²) in [7, 11) is 1.32. The maximum atomic E-state index is 14.0. The number of amides is 2. The average molecular weight is 437 g/mol. The summed E-state index contributed by atoms with van der Waals surface area (Å²) >= 11 is 0. The van der Waals surface area contributed by atoms with E-state index in [1.54, 1.807) is 24.3 Å². The Bertz CT molecular complexity index is 1280. The van der Waals surface area contributed by atoms with Gasteiger partial charge in [0.25, 0.3) is 0 Å². The molecule has 164 valence electrons. The molecule has 0 aromatic heterocycles. The number of rotatable bonds is 3. The van der Waals surface area contributed by atoms with E-state index in [4.69, 9.17) is 4.74 Å². The van der Waals surface area contributed by atoms with E-state index in [1.807, 2.05) is 24.3 Å². The number of anilines is 1. The van der Waals surface area contributed by atoms with E-state index in [-0.39, 0.29) is 17.7 Å². The zero-order valence-corrected chi connectivity index (χ0v) is 18.4. The van der Waals surface area contributed by atoms with Crippen molar-refractivity contribution in [2.75, 3.05) is 12.0 Å². The zero-order valence-electron chi connectivity index (χ0n) is 18.4. The van der Waals surface area contributed by atoms with Gasteiger partial charge >= 0.3 is 5.97 Å². The number of carbonyl (C=O) groups excluding carboxylic acids is 3. The van der Waals surface area contributed by atoms with Gasteiger partial charge in [-0.15, -0.1) is 0 Å². The lowest BCUT2D eigenvalue weighted by molar-refractivity contribution is -0.123. The summed E-state index contributed by atoms with van der Waals surface area (Å²) in [6, 6.07) is 23.1. The fraction of sp³-hybridized carbons (Fsp3) is 0.250. The van der Waals surface area contributed by atoms with Gasteiger partial charge in [-0.2, -0.15) is 0 Å². The number of benzene rings is 3. The molecule has 1 saturated heterocycles. The van der Waals surface area contributed by atoms with Crippen molar-refractivity contribution in [1.29, 1.82) is 0 Å². The summed E-state index contributed by atoms with van der Waals surface area (Å²) in [5, 5.41) is 0. The molecule has 33 heavy (non-hydrogen) atoms. The molecule has 3 aliphatic carbocycles. The maximum absolute atomic E-state index is 14.0. The summed E-state index contributed by atoms with van der Waals surface area (Å²) in [5.41, 5.74) is 4.98. The predicted octanol–water partition coefficient (Wildman–Crippen LogP) is 4.43.